The summed E-state index contributed by atoms with van der Waals surface area (Å²) in [5, 5.41) is 8.74. The van der Waals surface area contributed by atoms with E-state index >= 15 is 0 Å². The van der Waals surface area contributed by atoms with Crippen molar-refractivity contribution in [3.05, 3.63) is 29.3 Å². The first-order valence-corrected chi connectivity index (χ1v) is 5.46. The van der Waals surface area contributed by atoms with Crippen LogP contribution in [0.3, 0.4) is 0 Å². The Bertz CT molecular complexity index is 410. The number of esters is 1. The molecule has 1 rings (SSSR count). The molecule has 0 aliphatic heterocycles. The molecule has 0 bridgehead atoms. The predicted octanol–water partition coefficient (Wildman–Crippen LogP) is 2.46. The quantitative estimate of drug-likeness (QED) is 0.581. The third-order valence-corrected chi connectivity index (χ3v) is 2.75. The molecule has 0 aliphatic carbocycles. The number of carbonyl (C=O) groups excluding carboxylic acids is 1. The first kappa shape index (κ1) is 11.6. The molecule has 0 radical (unpaired) electrons. The topological polar surface area (TPSA) is 50.1 Å². The van der Waals surface area contributed by atoms with Crippen LogP contribution in [0.5, 0.6) is 0 Å². The summed E-state index contributed by atoms with van der Waals surface area (Å²) in [6.45, 7) is 1.99. The van der Waals surface area contributed by atoms with Gasteiger partial charge in [0.05, 0.1) is 24.3 Å². The van der Waals surface area contributed by atoms with Gasteiger partial charge in [-0.1, -0.05) is 6.92 Å². The highest BCUT2D eigenvalue weighted by Gasteiger charge is 2.12. The summed E-state index contributed by atoms with van der Waals surface area (Å²) >= 11 is 1.52. The third-order valence-electron chi connectivity index (χ3n) is 1.82. The highest BCUT2D eigenvalue weighted by atomic mass is 32.2. The van der Waals surface area contributed by atoms with E-state index in [0.29, 0.717) is 11.1 Å². The number of carbonyl (C=O) groups is 1. The van der Waals surface area contributed by atoms with E-state index in [4.69, 9.17) is 5.26 Å². The zero-order valence-corrected chi connectivity index (χ0v) is 9.43. The molecule has 4 heteroatoms. The highest BCUT2D eigenvalue weighted by Crippen LogP contribution is 2.24. The van der Waals surface area contributed by atoms with E-state index in [1.165, 1.54) is 18.9 Å². The van der Waals surface area contributed by atoms with Crippen LogP contribution in [0, 0.1) is 11.3 Å². The maximum absolute atomic E-state index is 11.4. The van der Waals surface area contributed by atoms with E-state index in [1.54, 1.807) is 18.2 Å². The van der Waals surface area contributed by atoms with Crippen molar-refractivity contribution in [2.24, 2.45) is 0 Å². The maximum atomic E-state index is 11.4. The first-order chi connectivity index (χ1) is 7.22. The molecule has 1 aromatic carbocycles. The van der Waals surface area contributed by atoms with Crippen molar-refractivity contribution < 1.29 is 9.53 Å². The number of thioether (sulfide) groups is 1. The van der Waals surface area contributed by atoms with Crippen LogP contribution in [0.25, 0.3) is 0 Å². The van der Waals surface area contributed by atoms with Crippen LogP contribution in [0.2, 0.25) is 0 Å². The zero-order chi connectivity index (χ0) is 11.3. The van der Waals surface area contributed by atoms with Gasteiger partial charge in [0.25, 0.3) is 0 Å². The van der Waals surface area contributed by atoms with Gasteiger partial charge in [0.15, 0.2) is 0 Å². The maximum Gasteiger partial charge on any atom is 0.338 e. The average Bonchev–Trinajstić information content (AvgIpc) is 2.28. The molecule has 0 atom stereocenters. The monoisotopic (exact) mass is 221 g/mol. The molecule has 0 saturated carbocycles. The van der Waals surface area contributed by atoms with E-state index in [0.717, 1.165) is 10.6 Å². The number of rotatable bonds is 3. The molecule has 0 aliphatic rings. The Hall–Kier alpha value is -1.47. The number of benzene rings is 1. The molecule has 0 aromatic heterocycles. The Balaban J connectivity index is 3.15. The number of nitriles is 1. The van der Waals surface area contributed by atoms with Gasteiger partial charge in [-0.15, -0.1) is 11.8 Å². The Labute approximate surface area is 93.0 Å². The predicted molar refractivity (Wildman–Crippen MR) is 58.9 cm³/mol. The second-order valence-electron chi connectivity index (χ2n) is 2.75. The first-order valence-electron chi connectivity index (χ1n) is 4.48. The second-order valence-corrected chi connectivity index (χ2v) is 4.05. The van der Waals surface area contributed by atoms with Crippen molar-refractivity contribution >= 4 is 17.7 Å². The van der Waals surface area contributed by atoms with Crippen LogP contribution in [0.15, 0.2) is 23.1 Å². The second kappa shape index (κ2) is 5.42. The molecule has 0 spiro atoms. The molecule has 0 fully saturated rings. The van der Waals surface area contributed by atoms with Crippen LogP contribution in [-0.2, 0) is 4.74 Å². The summed E-state index contributed by atoms with van der Waals surface area (Å²) in [4.78, 5) is 12.2. The van der Waals surface area contributed by atoms with Crippen LogP contribution in [0.1, 0.15) is 22.8 Å². The SMILES string of the molecule is CCSc1cc(C#N)ccc1C(=O)OC. The van der Waals surface area contributed by atoms with Crippen LogP contribution in [0.4, 0.5) is 0 Å². The molecule has 0 saturated heterocycles. The summed E-state index contributed by atoms with van der Waals surface area (Å²) in [5.41, 5.74) is 1.07. The lowest BCUT2D eigenvalue weighted by molar-refractivity contribution is 0.0597. The summed E-state index contributed by atoms with van der Waals surface area (Å²) in [7, 11) is 1.35. The van der Waals surface area contributed by atoms with Gasteiger partial charge in [-0.25, -0.2) is 4.79 Å². The van der Waals surface area contributed by atoms with E-state index in [1.807, 2.05) is 13.0 Å². The number of methoxy groups -OCH3 is 1. The smallest absolute Gasteiger partial charge is 0.338 e. The van der Waals surface area contributed by atoms with Crippen molar-refractivity contribution in [2.45, 2.75) is 11.8 Å². The molecule has 1 aromatic rings. The number of hydrogen-bond acceptors (Lipinski definition) is 4. The molecule has 0 unspecified atom stereocenters. The van der Waals surface area contributed by atoms with Gasteiger partial charge < -0.3 is 4.74 Å². The molecule has 78 valence electrons. The van der Waals surface area contributed by atoms with Crippen LogP contribution < -0.4 is 0 Å². The number of ether oxygens (including phenoxy) is 1. The molecule has 15 heavy (non-hydrogen) atoms. The van der Waals surface area contributed by atoms with Gasteiger partial charge in [0, 0.05) is 4.90 Å². The lowest BCUT2D eigenvalue weighted by Gasteiger charge is -2.06. The van der Waals surface area contributed by atoms with Crippen molar-refractivity contribution in [2.75, 3.05) is 12.9 Å². The van der Waals surface area contributed by atoms with Crippen molar-refractivity contribution in [3.63, 3.8) is 0 Å². The van der Waals surface area contributed by atoms with Gasteiger partial charge in [-0.2, -0.15) is 5.26 Å². The van der Waals surface area contributed by atoms with Crippen LogP contribution in [-0.4, -0.2) is 18.8 Å². The van der Waals surface area contributed by atoms with E-state index in [2.05, 4.69) is 4.74 Å². The van der Waals surface area contributed by atoms with E-state index < -0.39 is 0 Å². The van der Waals surface area contributed by atoms with Gasteiger partial charge in [-0.05, 0) is 24.0 Å². The highest BCUT2D eigenvalue weighted by molar-refractivity contribution is 7.99. The van der Waals surface area contributed by atoms with Crippen molar-refractivity contribution in [1.29, 1.82) is 5.26 Å². The summed E-state index contributed by atoms with van der Waals surface area (Å²) < 4.78 is 4.66. The number of nitrogens with zero attached hydrogens (tertiary/aromatic N) is 1. The van der Waals surface area contributed by atoms with Gasteiger partial charge in [0.2, 0.25) is 0 Å². The molecule has 0 N–H and O–H groups in total. The lowest BCUT2D eigenvalue weighted by atomic mass is 10.1. The zero-order valence-electron chi connectivity index (χ0n) is 8.61. The van der Waals surface area contributed by atoms with Crippen molar-refractivity contribution in [3.8, 4) is 6.07 Å². The lowest BCUT2D eigenvalue weighted by Crippen LogP contribution is -2.03. The Kier molecular flexibility index (Phi) is 4.19. The third kappa shape index (κ3) is 2.74. The van der Waals surface area contributed by atoms with E-state index in [9.17, 15) is 4.79 Å². The Morgan fingerprint density at radius 2 is 2.33 bits per heavy atom. The molecule has 3 nitrogen and oxygen atoms in total. The molecule has 0 amide bonds. The number of hydrogen-bond donors (Lipinski definition) is 0. The van der Waals surface area contributed by atoms with Crippen molar-refractivity contribution in [1.82, 2.24) is 0 Å². The average molecular weight is 221 g/mol. The molecular formula is C11H11NO2S. The minimum absolute atomic E-state index is 0.365. The van der Waals surface area contributed by atoms with Gasteiger partial charge in [0.1, 0.15) is 0 Å². The Morgan fingerprint density at radius 3 is 2.87 bits per heavy atom. The summed E-state index contributed by atoms with van der Waals surface area (Å²) in [6.07, 6.45) is 0. The normalized spacial score (nSPS) is 9.40. The fourth-order valence-corrected chi connectivity index (χ4v) is 1.97. The van der Waals surface area contributed by atoms with Crippen LogP contribution >= 0.6 is 11.8 Å². The fourth-order valence-electron chi connectivity index (χ4n) is 1.15. The molecular weight excluding hydrogens is 210 g/mol. The minimum Gasteiger partial charge on any atom is -0.465 e. The van der Waals surface area contributed by atoms with E-state index in [-0.39, 0.29) is 5.97 Å². The van der Waals surface area contributed by atoms with Gasteiger partial charge in [-0.3, -0.25) is 0 Å². The molecule has 0 heterocycles. The summed E-state index contributed by atoms with van der Waals surface area (Å²) in [5.74, 6) is 0.481. The summed E-state index contributed by atoms with van der Waals surface area (Å²) in [6, 6.07) is 7.00. The standard InChI is InChI=1S/C11H11NO2S/c1-3-15-10-6-8(7-12)4-5-9(10)11(13)14-2/h4-6H,3H2,1-2H3. The Morgan fingerprint density at radius 1 is 1.60 bits per heavy atom. The van der Waals surface area contributed by atoms with Gasteiger partial charge >= 0.3 is 5.97 Å². The fraction of sp³-hybridized carbons (Fsp3) is 0.273. The minimum atomic E-state index is -0.365. The largest absolute Gasteiger partial charge is 0.465 e.